The molecule has 0 aliphatic carbocycles. The molecule has 0 N–H and O–H groups in total. The van der Waals surface area contributed by atoms with Crippen LogP contribution < -0.4 is 0 Å². The van der Waals surface area contributed by atoms with E-state index in [0.717, 1.165) is 11.3 Å². The number of hydrogen-bond acceptors (Lipinski definition) is 3. The molecular formula is C20H16Cl2N2O2. The SMILES string of the molecule is CN1C(=O)C(c2ccc(Cl)cc2Cl)=C(N2CCc3ccccc3C2)C1=O. The highest BCUT2D eigenvalue weighted by Crippen LogP contribution is 2.37. The van der Waals surface area contributed by atoms with Crippen LogP contribution in [-0.2, 0) is 22.6 Å². The normalized spacial score (nSPS) is 17.2. The summed E-state index contributed by atoms with van der Waals surface area (Å²) in [5, 5.41) is 0.844. The van der Waals surface area contributed by atoms with Gasteiger partial charge in [0.15, 0.2) is 0 Å². The molecule has 0 atom stereocenters. The number of nitrogens with zero attached hydrogens (tertiary/aromatic N) is 2. The Morgan fingerprint density at radius 1 is 0.962 bits per heavy atom. The van der Waals surface area contributed by atoms with Crippen molar-refractivity contribution in [2.24, 2.45) is 0 Å². The lowest BCUT2D eigenvalue weighted by molar-refractivity contribution is -0.136. The average molecular weight is 387 g/mol. The fourth-order valence-electron chi connectivity index (χ4n) is 3.54. The summed E-state index contributed by atoms with van der Waals surface area (Å²) in [6, 6.07) is 13.1. The third-order valence-electron chi connectivity index (χ3n) is 4.91. The molecule has 0 fully saturated rings. The van der Waals surface area contributed by atoms with Crippen LogP contribution in [0.1, 0.15) is 16.7 Å². The van der Waals surface area contributed by atoms with Gasteiger partial charge >= 0.3 is 0 Å². The Kier molecular flexibility index (Phi) is 4.25. The van der Waals surface area contributed by atoms with Crippen LogP contribution in [0.15, 0.2) is 48.2 Å². The standard InChI is InChI=1S/C20H16Cl2N2O2/c1-23-19(25)17(15-7-6-14(21)10-16(15)22)18(20(23)26)24-9-8-12-4-2-3-5-13(12)11-24/h2-7,10H,8-9,11H2,1H3. The van der Waals surface area contributed by atoms with Crippen LogP contribution in [0.5, 0.6) is 0 Å². The Labute approximate surface area is 161 Å². The number of carbonyl (C=O) groups is 2. The van der Waals surface area contributed by atoms with Crippen LogP contribution in [-0.4, -0.2) is 35.2 Å². The minimum Gasteiger partial charge on any atom is -0.362 e. The molecule has 132 valence electrons. The summed E-state index contributed by atoms with van der Waals surface area (Å²) >= 11 is 12.3. The Bertz CT molecular complexity index is 968. The zero-order valence-electron chi connectivity index (χ0n) is 14.1. The molecule has 2 aromatic carbocycles. The Balaban J connectivity index is 1.84. The van der Waals surface area contributed by atoms with E-state index in [1.165, 1.54) is 18.2 Å². The Morgan fingerprint density at radius 3 is 2.42 bits per heavy atom. The molecule has 0 radical (unpaired) electrons. The minimum absolute atomic E-state index is 0.296. The van der Waals surface area contributed by atoms with Crippen LogP contribution in [0.2, 0.25) is 10.0 Å². The Morgan fingerprint density at radius 2 is 1.69 bits per heavy atom. The number of benzene rings is 2. The van der Waals surface area contributed by atoms with Gasteiger partial charge in [0, 0.05) is 30.7 Å². The summed E-state index contributed by atoms with van der Waals surface area (Å²) in [6.45, 7) is 1.26. The van der Waals surface area contributed by atoms with Crippen molar-refractivity contribution < 1.29 is 9.59 Å². The molecule has 0 unspecified atom stereocenters. The molecule has 6 heteroatoms. The second kappa shape index (κ2) is 6.45. The number of carbonyl (C=O) groups excluding carboxylic acids is 2. The van der Waals surface area contributed by atoms with Gasteiger partial charge in [-0.25, -0.2) is 0 Å². The van der Waals surface area contributed by atoms with E-state index in [0.29, 0.717) is 40.0 Å². The van der Waals surface area contributed by atoms with Gasteiger partial charge in [0.2, 0.25) is 0 Å². The highest BCUT2D eigenvalue weighted by Gasteiger charge is 2.40. The van der Waals surface area contributed by atoms with Crippen molar-refractivity contribution in [3.05, 3.63) is 74.9 Å². The van der Waals surface area contributed by atoms with Gasteiger partial charge < -0.3 is 4.90 Å². The first-order chi connectivity index (χ1) is 12.5. The van der Waals surface area contributed by atoms with Crippen molar-refractivity contribution in [1.82, 2.24) is 9.80 Å². The second-order valence-electron chi connectivity index (χ2n) is 6.46. The van der Waals surface area contributed by atoms with Crippen molar-refractivity contribution in [2.75, 3.05) is 13.6 Å². The summed E-state index contributed by atoms with van der Waals surface area (Å²) in [4.78, 5) is 28.7. The molecular weight excluding hydrogens is 371 g/mol. The molecule has 0 saturated heterocycles. The number of hydrogen-bond donors (Lipinski definition) is 0. The van der Waals surface area contributed by atoms with Crippen molar-refractivity contribution in [1.29, 1.82) is 0 Å². The molecule has 2 aliphatic rings. The van der Waals surface area contributed by atoms with E-state index >= 15 is 0 Å². The van der Waals surface area contributed by atoms with E-state index in [1.54, 1.807) is 18.2 Å². The van der Waals surface area contributed by atoms with Gasteiger partial charge in [-0.1, -0.05) is 53.5 Å². The number of imide groups is 1. The summed E-state index contributed by atoms with van der Waals surface area (Å²) in [6.07, 6.45) is 0.826. The number of amides is 2. The monoisotopic (exact) mass is 386 g/mol. The topological polar surface area (TPSA) is 40.6 Å². The first-order valence-corrected chi connectivity index (χ1v) is 9.07. The fourth-order valence-corrected chi connectivity index (χ4v) is 4.04. The third-order valence-corrected chi connectivity index (χ3v) is 5.46. The van der Waals surface area contributed by atoms with Gasteiger partial charge in [0.1, 0.15) is 5.70 Å². The van der Waals surface area contributed by atoms with Gasteiger partial charge in [-0.2, -0.15) is 0 Å². The van der Waals surface area contributed by atoms with E-state index in [2.05, 4.69) is 12.1 Å². The lowest BCUT2D eigenvalue weighted by Gasteiger charge is -2.31. The Hall–Kier alpha value is -2.30. The molecule has 4 rings (SSSR count). The number of fused-ring (bicyclic) bond motifs is 1. The van der Waals surface area contributed by atoms with E-state index in [1.807, 2.05) is 17.0 Å². The maximum atomic E-state index is 12.8. The van der Waals surface area contributed by atoms with Crippen LogP contribution in [0.4, 0.5) is 0 Å². The minimum atomic E-state index is -0.340. The van der Waals surface area contributed by atoms with Gasteiger partial charge in [-0.3, -0.25) is 14.5 Å². The molecule has 2 aliphatic heterocycles. The third kappa shape index (κ3) is 2.70. The molecule has 2 heterocycles. The maximum Gasteiger partial charge on any atom is 0.277 e. The molecule has 0 bridgehead atoms. The molecule has 26 heavy (non-hydrogen) atoms. The zero-order chi connectivity index (χ0) is 18.4. The smallest absolute Gasteiger partial charge is 0.277 e. The van der Waals surface area contributed by atoms with Crippen molar-refractivity contribution in [3.8, 4) is 0 Å². The van der Waals surface area contributed by atoms with Crippen LogP contribution in [0.25, 0.3) is 5.57 Å². The van der Waals surface area contributed by atoms with Crippen LogP contribution in [0.3, 0.4) is 0 Å². The largest absolute Gasteiger partial charge is 0.362 e. The second-order valence-corrected chi connectivity index (χ2v) is 7.30. The molecule has 4 nitrogen and oxygen atoms in total. The quantitative estimate of drug-likeness (QED) is 0.737. The van der Waals surface area contributed by atoms with E-state index < -0.39 is 0 Å². The summed E-state index contributed by atoms with van der Waals surface area (Å²) in [5.41, 5.74) is 3.74. The van der Waals surface area contributed by atoms with Gasteiger partial charge in [-0.05, 0) is 29.7 Å². The summed E-state index contributed by atoms with van der Waals surface area (Å²) in [5.74, 6) is -0.636. The lowest BCUT2D eigenvalue weighted by Crippen LogP contribution is -2.35. The van der Waals surface area contributed by atoms with Crippen LogP contribution in [0, 0.1) is 0 Å². The number of rotatable bonds is 2. The van der Waals surface area contributed by atoms with E-state index in [9.17, 15) is 9.59 Å². The highest BCUT2D eigenvalue weighted by atomic mass is 35.5. The summed E-state index contributed by atoms with van der Waals surface area (Å²) < 4.78 is 0. The van der Waals surface area contributed by atoms with Gasteiger partial charge in [-0.15, -0.1) is 0 Å². The van der Waals surface area contributed by atoms with Crippen LogP contribution >= 0.6 is 23.2 Å². The number of likely N-dealkylation sites (N-methyl/N-ethyl adjacent to an activating group) is 1. The fraction of sp³-hybridized carbons (Fsp3) is 0.200. The first-order valence-electron chi connectivity index (χ1n) is 8.31. The number of halogens is 2. The summed E-state index contributed by atoms with van der Waals surface area (Å²) in [7, 11) is 1.50. The van der Waals surface area contributed by atoms with Gasteiger partial charge in [0.05, 0.1) is 10.6 Å². The van der Waals surface area contributed by atoms with Crippen molar-refractivity contribution >= 4 is 40.6 Å². The molecule has 2 amide bonds. The van der Waals surface area contributed by atoms with Crippen molar-refractivity contribution in [2.45, 2.75) is 13.0 Å². The van der Waals surface area contributed by atoms with Gasteiger partial charge in [0.25, 0.3) is 11.8 Å². The predicted molar refractivity (Wildman–Crippen MR) is 102 cm³/mol. The van der Waals surface area contributed by atoms with E-state index in [4.69, 9.17) is 23.2 Å². The lowest BCUT2D eigenvalue weighted by atomic mass is 9.98. The predicted octanol–water partition coefficient (Wildman–Crippen LogP) is 3.76. The molecule has 2 aromatic rings. The molecule has 0 spiro atoms. The molecule has 0 aromatic heterocycles. The van der Waals surface area contributed by atoms with Crippen molar-refractivity contribution in [3.63, 3.8) is 0 Å². The molecule has 0 saturated carbocycles. The zero-order valence-corrected chi connectivity index (χ0v) is 15.6. The maximum absolute atomic E-state index is 12.8. The first kappa shape index (κ1) is 17.1. The highest BCUT2D eigenvalue weighted by molar-refractivity contribution is 6.41. The average Bonchev–Trinajstić information content (AvgIpc) is 2.85. The van der Waals surface area contributed by atoms with E-state index in [-0.39, 0.29) is 11.8 Å².